The van der Waals surface area contributed by atoms with Crippen LogP contribution in [-0.4, -0.2) is 9.55 Å². The van der Waals surface area contributed by atoms with Crippen LogP contribution in [0.25, 0.3) is 11.0 Å². The van der Waals surface area contributed by atoms with Crippen LogP contribution < -0.4 is 0 Å². The summed E-state index contributed by atoms with van der Waals surface area (Å²) >= 11 is 11.6. The molecule has 0 bridgehead atoms. The zero-order valence-corrected chi connectivity index (χ0v) is 14.4. The van der Waals surface area contributed by atoms with Crippen LogP contribution in [0.15, 0.2) is 34.1 Å². The van der Waals surface area contributed by atoms with E-state index in [0.717, 1.165) is 22.4 Å². The predicted molar refractivity (Wildman–Crippen MR) is 89.9 cm³/mol. The standard InChI is InChI=1S/C15H14BrClN2S/c1-9-4-3-5-13-14(9)19(15(18-13)10(2)17)7-12-6-11(16)8-20-12/h3-6,8,10H,7H2,1-2H3. The molecule has 0 saturated heterocycles. The van der Waals surface area contributed by atoms with Gasteiger partial charge in [0.15, 0.2) is 0 Å². The first-order valence-electron chi connectivity index (χ1n) is 6.39. The molecule has 0 N–H and O–H groups in total. The quantitative estimate of drug-likeness (QED) is 0.556. The highest BCUT2D eigenvalue weighted by molar-refractivity contribution is 9.10. The molecule has 0 fully saturated rings. The van der Waals surface area contributed by atoms with Gasteiger partial charge < -0.3 is 4.57 Å². The van der Waals surface area contributed by atoms with Crippen molar-refractivity contribution in [3.05, 3.63) is 50.4 Å². The Morgan fingerprint density at radius 2 is 2.25 bits per heavy atom. The van der Waals surface area contributed by atoms with E-state index >= 15 is 0 Å². The maximum absolute atomic E-state index is 6.31. The fourth-order valence-corrected chi connectivity index (χ4v) is 4.04. The predicted octanol–water partition coefficient (Wildman–Crippen LogP) is 5.52. The molecule has 2 heterocycles. The lowest BCUT2D eigenvalue weighted by Crippen LogP contribution is -2.05. The number of halogens is 2. The van der Waals surface area contributed by atoms with E-state index in [1.165, 1.54) is 16.0 Å². The highest BCUT2D eigenvalue weighted by atomic mass is 79.9. The van der Waals surface area contributed by atoms with Crippen LogP contribution in [0.5, 0.6) is 0 Å². The molecular formula is C15H14BrClN2S. The van der Waals surface area contributed by atoms with Gasteiger partial charge in [0, 0.05) is 14.7 Å². The fraction of sp³-hybridized carbons (Fsp3) is 0.267. The first kappa shape index (κ1) is 14.1. The number of imidazole rings is 1. The van der Waals surface area contributed by atoms with Crippen molar-refractivity contribution in [2.75, 3.05) is 0 Å². The third kappa shape index (κ3) is 2.52. The van der Waals surface area contributed by atoms with Crippen LogP contribution in [0.3, 0.4) is 0 Å². The number of hydrogen-bond acceptors (Lipinski definition) is 2. The number of nitrogens with zero attached hydrogens (tertiary/aromatic N) is 2. The van der Waals surface area contributed by atoms with E-state index in [2.05, 4.69) is 44.9 Å². The summed E-state index contributed by atoms with van der Waals surface area (Å²) in [6.45, 7) is 4.90. The minimum absolute atomic E-state index is 0.106. The smallest absolute Gasteiger partial charge is 0.128 e. The van der Waals surface area contributed by atoms with Gasteiger partial charge in [-0.3, -0.25) is 0 Å². The lowest BCUT2D eigenvalue weighted by atomic mass is 10.2. The molecule has 0 aliphatic rings. The van der Waals surface area contributed by atoms with Crippen molar-refractivity contribution >= 4 is 49.9 Å². The molecule has 0 aliphatic heterocycles. The lowest BCUT2D eigenvalue weighted by Gasteiger charge is -2.10. The second-order valence-corrected chi connectivity index (χ2v) is 7.41. The summed E-state index contributed by atoms with van der Waals surface area (Å²) in [5.41, 5.74) is 3.43. The van der Waals surface area contributed by atoms with Gasteiger partial charge >= 0.3 is 0 Å². The molecule has 1 unspecified atom stereocenters. The molecule has 1 aromatic carbocycles. The number of rotatable bonds is 3. The average Bonchev–Trinajstić information content (AvgIpc) is 2.95. The molecule has 0 spiro atoms. The molecule has 20 heavy (non-hydrogen) atoms. The zero-order valence-electron chi connectivity index (χ0n) is 11.2. The highest BCUT2D eigenvalue weighted by Crippen LogP contribution is 2.29. The third-order valence-electron chi connectivity index (χ3n) is 3.29. The van der Waals surface area contributed by atoms with Gasteiger partial charge in [0.25, 0.3) is 0 Å². The molecule has 5 heteroatoms. The summed E-state index contributed by atoms with van der Waals surface area (Å²) in [4.78, 5) is 5.99. The molecule has 0 radical (unpaired) electrons. The molecule has 2 aromatic heterocycles. The molecule has 1 atom stereocenters. The minimum Gasteiger partial charge on any atom is -0.321 e. The molecule has 3 aromatic rings. The highest BCUT2D eigenvalue weighted by Gasteiger charge is 2.16. The van der Waals surface area contributed by atoms with E-state index in [1.54, 1.807) is 11.3 Å². The number of alkyl halides is 1. The van der Waals surface area contributed by atoms with Gasteiger partial charge in [0.05, 0.1) is 23.0 Å². The maximum atomic E-state index is 6.31. The van der Waals surface area contributed by atoms with Gasteiger partial charge in [-0.2, -0.15) is 0 Å². The van der Waals surface area contributed by atoms with E-state index in [0.29, 0.717) is 0 Å². The van der Waals surface area contributed by atoms with Crippen molar-refractivity contribution in [1.82, 2.24) is 9.55 Å². The first-order valence-corrected chi connectivity index (χ1v) is 8.50. The Kier molecular flexibility index (Phi) is 3.89. The van der Waals surface area contributed by atoms with Crippen LogP contribution in [0.1, 0.15) is 28.6 Å². The van der Waals surface area contributed by atoms with Crippen molar-refractivity contribution < 1.29 is 0 Å². The van der Waals surface area contributed by atoms with Crippen LogP contribution in [-0.2, 0) is 6.54 Å². The zero-order chi connectivity index (χ0) is 14.3. The summed E-state index contributed by atoms with van der Waals surface area (Å²) < 4.78 is 3.36. The molecular weight excluding hydrogens is 356 g/mol. The van der Waals surface area contributed by atoms with Crippen molar-refractivity contribution in [3.8, 4) is 0 Å². The number of aryl methyl sites for hydroxylation is 1. The van der Waals surface area contributed by atoms with Gasteiger partial charge in [-0.15, -0.1) is 22.9 Å². The van der Waals surface area contributed by atoms with Crippen LogP contribution in [0.2, 0.25) is 0 Å². The van der Waals surface area contributed by atoms with Gasteiger partial charge in [0.1, 0.15) is 5.82 Å². The lowest BCUT2D eigenvalue weighted by molar-refractivity contribution is 0.749. The minimum atomic E-state index is -0.106. The van der Waals surface area contributed by atoms with Crippen molar-refractivity contribution in [1.29, 1.82) is 0 Å². The molecule has 0 aliphatic carbocycles. The van der Waals surface area contributed by atoms with Crippen molar-refractivity contribution in [2.24, 2.45) is 0 Å². The summed E-state index contributed by atoms with van der Waals surface area (Å²) in [5.74, 6) is 0.931. The van der Waals surface area contributed by atoms with E-state index < -0.39 is 0 Å². The Hall–Kier alpha value is -0.840. The van der Waals surface area contributed by atoms with Gasteiger partial charge in [-0.1, -0.05) is 12.1 Å². The fourth-order valence-electron chi connectivity index (χ4n) is 2.44. The van der Waals surface area contributed by atoms with Gasteiger partial charge in [0.2, 0.25) is 0 Å². The summed E-state index contributed by atoms with van der Waals surface area (Å²) in [7, 11) is 0. The number of benzene rings is 1. The Labute approximate surface area is 135 Å². The normalized spacial score (nSPS) is 13.0. The van der Waals surface area contributed by atoms with E-state index in [-0.39, 0.29) is 5.38 Å². The second kappa shape index (κ2) is 5.51. The largest absolute Gasteiger partial charge is 0.321 e. The second-order valence-electron chi connectivity index (χ2n) is 4.85. The van der Waals surface area contributed by atoms with E-state index in [9.17, 15) is 0 Å². The number of thiophene rings is 1. The van der Waals surface area contributed by atoms with Crippen LogP contribution in [0, 0.1) is 6.92 Å². The Balaban J connectivity index is 2.18. The Morgan fingerprint density at radius 3 is 2.90 bits per heavy atom. The Morgan fingerprint density at radius 1 is 1.45 bits per heavy atom. The number of aromatic nitrogens is 2. The van der Waals surface area contributed by atoms with Crippen molar-refractivity contribution in [3.63, 3.8) is 0 Å². The SMILES string of the molecule is Cc1cccc2nc(C(C)Cl)n(Cc3cc(Br)cs3)c12. The third-order valence-corrected chi connectivity index (χ3v) is 5.17. The van der Waals surface area contributed by atoms with Crippen LogP contribution >= 0.6 is 38.9 Å². The maximum Gasteiger partial charge on any atom is 0.128 e. The summed E-state index contributed by atoms with van der Waals surface area (Å²) in [5, 5.41) is 2.00. The average molecular weight is 370 g/mol. The first-order chi connectivity index (χ1) is 9.56. The number of fused-ring (bicyclic) bond motifs is 1. The molecule has 104 valence electrons. The molecule has 0 saturated carbocycles. The summed E-state index contributed by atoms with van der Waals surface area (Å²) in [6.07, 6.45) is 0. The summed E-state index contributed by atoms with van der Waals surface area (Å²) in [6, 6.07) is 8.36. The van der Waals surface area contributed by atoms with Gasteiger partial charge in [-0.05, 0) is 47.5 Å². The number of para-hydroxylation sites is 1. The molecule has 2 nitrogen and oxygen atoms in total. The topological polar surface area (TPSA) is 17.8 Å². The number of hydrogen-bond donors (Lipinski definition) is 0. The monoisotopic (exact) mass is 368 g/mol. The molecule has 0 amide bonds. The van der Waals surface area contributed by atoms with Crippen LogP contribution in [0.4, 0.5) is 0 Å². The molecule has 3 rings (SSSR count). The van der Waals surface area contributed by atoms with Gasteiger partial charge in [-0.25, -0.2) is 4.98 Å². The Bertz CT molecular complexity index is 760. The van der Waals surface area contributed by atoms with E-state index in [4.69, 9.17) is 16.6 Å². The van der Waals surface area contributed by atoms with Crippen molar-refractivity contribution in [2.45, 2.75) is 25.8 Å². The van der Waals surface area contributed by atoms with E-state index in [1.807, 2.05) is 19.1 Å².